The topological polar surface area (TPSA) is 216 Å². The zero-order valence-electron chi connectivity index (χ0n) is 34.3. The zero-order chi connectivity index (χ0) is 45.3. The van der Waals surface area contributed by atoms with E-state index in [1.165, 1.54) is 62.9 Å². The van der Waals surface area contributed by atoms with Gasteiger partial charge in [0.1, 0.15) is 21.7 Å². The van der Waals surface area contributed by atoms with Crippen molar-refractivity contribution in [3.63, 3.8) is 0 Å². The highest BCUT2D eigenvalue weighted by Gasteiger charge is 2.20. The molecule has 4 aromatic carbocycles. The van der Waals surface area contributed by atoms with Gasteiger partial charge in [0.2, 0.25) is 23.7 Å². The highest BCUT2D eigenvalue weighted by Crippen LogP contribution is 2.33. The van der Waals surface area contributed by atoms with Crippen molar-refractivity contribution in [2.45, 2.75) is 38.5 Å². The average molecular weight is 910 g/mol. The summed E-state index contributed by atoms with van der Waals surface area (Å²) in [5, 5.41) is 22.8. The minimum Gasteiger partial charge on any atom is -0.355 e. The Labute approximate surface area is 375 Å². The van der Waals surface area contributed by atoms with Crippen LogP contribution in [-0.2, 0) is 22.4 Å². The molecule has 4 heterocycles. The van der Waals surface area contributed by atoms with E-state index in [1.807, 2.05) is 36.4 Å². The number of carbonyl (C=O) groups excluding carboxylic acids is 4. The largest absolute Gasteiger partial charge is 0.355 e. The first kappa shape index (κ1) is 44.6. The van der Waals surface area contributed by atoms with E-state index < -0.39 is 23.4 Å². The third-order valence-corrected chi connectivity index (χ3v) is 10.5. The average Bonchev–Trinajstić information content (AvgIpc) is 3.59. The highest BCUT2D eigenvalue weighted by atomic mass is 35.5. The van der Waals surface area contributed by atoms with Crippen LogP contribution in [0.25, 0.3) is 0 Å². The first-order valence-corrected chi connectivity index (χ1v) is 20.6. The van der Waals surface area contributed by atoms with Gasteiger partial charge in [-0.25, -0.2) is 18.7 Å². The maximum absolute atomic E-state index is 14.5. The van der Waals surface area contributed by atoms with Crippen molar-refractivity contribution in [3.05, 3.63) is 129 Å². The van der Waals surface area contributed by atoms with Crippen molar-refractivity contribution in [1.29, 1.82) is 0 Å². The summed E-state index contributed by atoms with van der Waals surface area (Å²) in [5.74, 6) is -1.55. The number of carbonyl (C=O) groups is 4. The molecule has 0 aliphatic carbocycles. The lowest BCUT2D eigenvalue weighted by Gasteiger charge is -2.14. The quantitative estimate of drug-likeness (QED) is 0.0648. The minimum atomic E-state index is -0.628. The number of benzene rings is 4. The van der Waals surface area contributed by atoms with E-state index in [-0.39, 0.29) is 67.9 Å². The summed E-state index contributed by atoms with van der Waals surface area (Å²) >= 11 is 12.4. The number of nitrogens with zero attached hydrogens (tertiary/aromatic N) is 4. The molecule has 2 aromatic heterocycles. The Morgan fingerprint density at radius 1 is 0.594 bits per heavy atom. The van der Waals surface area contributed by atoms with E-state index in [1.54, 1.807) is 0 Å². The molecule has 8 rings (SSSR count). The van der Waals surface area contributed by atoms with Gasteiger partial charge in [-0.15, -0.1) is 0 Å². The molecule has 8 N–H and O–H groups in total. The molecular weight excluding hydrogens is 869 g/mol. The number of hydrogen-bond donors (Lipinski definition) is 8. The highest BCUT2D eigenvalue weighted by molar-refractivity contribution is 6.33. The fourth-order valence-corrected chi connectivity index (χ4v) is 7.03. The van der Waals surface area contributed by atoms with Crippen LogP contribution in [0.2, 0.25) is 10.0 Å². The SMILES string of the molecule is CNC(=O)c1cccc(F)c1Nc1nc(Nc2ccc3c(c2)NC(=O)CCC3)ncc1Cl.CNC(=O)c1cccc(F)c1Nc1nc(Nc2ccc3c(c2)NC(=O)CCC3)ncc1Cl. The second kappa shape index (κ2) is 20.2. The van der Waals surface area contributed by atoms with Crippen molar-refractivity contribution in [2.24, 2.45) is 0 Å². The second-order valence-corrected chi connectivity index (χ2v) is 15.1. The molecule has 16 nitrogen and oxygen atoms in total. The van der Waals surface area contributed by atoms with Gasteiger partial charge < -0.3 is 42.5 Å². The van der Waals surface area contributed by atoms with E-state index in [9.17, 15) is 28.0 Å². The first-order valence-electron chi connectivity index (χ1n) is 19.9. The van der Waals surface area contributed by atoms with E-state index in [2.05, 4.69) is 62.5 Å². The van der Waals surface area contributed by atoms with Crippen LogP contribution in [0.3, 0.4) is 0 Å². The lowest BCUT2D eigenvalue weighted by molar-refractivity contribution is -0.117. The Balaban J connectivity index is 0.000000191. The van der Waals surface area contributed by atoms with Gasteiger partial charge in [0.05, 0.1) is 34.9 Å². The molecule has 0 atom stereocenters. The third-order valence-electron chi connectivity index (χ3n) is 9.93. The predicted molar refractivity (Wildman–Crippen MR) is 243 cm³/mol. The van der Waals surface area contributed by atoms with Crippen LogP contribution >= 0.6 is 23.2 Å². The van der Waals surface area contributed by atoms with Crippen LogP contribution in [-0.4, -0.2) is 57.7 Å². The van der Waals surface area contributed by atoms with Crippen LogP contribution in [0, 0.1) is 11.6 Å². The summed E-state index contributed by atoms with van der Waals surface area (Å²) in [7, 11) is 2.92. The molecule has 2 aliphatic heterocycles. The third kappa shape index (κ3) is 10.8. The summed E-state index contributed by atoms with van der Waals surface area (Å²) in [6, 6.07) is 19.5. The maximum Gasteiger partial charge on any atom is 0.253 e. The Morgan fingerprint density at radius 2 is 1.02 bits per heavy atom. The molecule has 0 radical (unpaired) electrons. The number of halogens is 4. The Kier molecular flexibility index (Phi) is 14.1. The minimum absolute atomic E-state index is 0.0214. The number of nitrogens with one attached hydrogen (secondary N) is 8. The molecule has 6 aromatic rings. The fourth-order valence-electron chi connectivity index (χ4n) is 6.76. The monoisotopic (exact) mass is 908 g/mol. The maximum atomic E-state index is 14.5. The lowest BCUT2D eigenvalue weighted by Crippen LogP contribution is -2.19. The van der Waals surface area contributed by atoms with Crippen molar-refractivity contribution in [1.82, 2.24) is 30.6 Å². The number of fused-ring (bicyclic) bond motifs is 2. The molecule has 0 saturated heterocycles. The Hall–Kier alpha value is -7.44. The van der Waals surface area contributed by atoms with Crippen LogP contribution in [0.4, 0.5) is 66.4 Å². The molecule has 0 unspecified atom stereocenters. The summed E-state index contributed by atoms with van der Waals surface area (Å²) in [6.45, 7) is 0. The molecule has 0 bridgehead atoms. The molecular formula is C44H40Cl2F2N12O4. The second-order valence-electron chi connectivity index (χ2n) is 14.3. The van der Waals surface area contributed by atoms with Crippen LogP contribution in [0.1, 0.15) is 57.5 Å². The summed E-state index contributed by atoms with van der Waals surface area (Å²) in [6.07, 6.45) is 6.94. The van der Waals surface area contributed by atoms with Crippen molar-refractivity contribution in [3.8, 4) is 0 Å². The number of hydrogen-bond acceptors (Lipinski definition) is 12. The smallest absolute Gasteiger partial charge is 0.253 e. The molecule has 64 heavy (non-hydrogen) atoms. The molecule has 0 fully saturated rings. The molecule has 2 aliphatic rings. The summed E-state index contributed by atoms with van der Waals surface area (Å²) in [5.41, 5.74) is 5.04. The standard InChI is InChI=1S/2C22H20ClFN6O2/c2*1-25-21(32)14-5-3-6-16(24)19(14)29-20-15(23)11-26-22(30-20)27-13-9-8-12-4-2-7-18(31)28-17(12)10-13/h2*3,5-6,8-11H,2,4,7H2,1H3,(H,25,32)(H,28,31)(H2,26,27,29,30). The van der Waals surface area contributed by atoms with Crippen LogP contribution in [0.15, 0.2) is 85.2 Å². The van der Waals surface area contributed by atoms with Gasteiger partial charge in [-0.3, -0.25) is 19.2 Å². The zero-order valence-corrected chi connectivity index (χ0v) is 35.8. The van der Waals surface area contributed by atoms with Gasteiger partial charge in [-0.2, -0.15) is 9.97 Å². The van der Waals surface area contributed by atoms with E-state index >= 15 is 0 Å². The lowest BCUT2D eigenvalue weighted by atomic mass is 10.1. The van der Waals surface area contributed by atoms with Crippen LogP contribution < -0.4 is 42.5 Å². The van der Waals surface area contributed by atoms with E-state index in [4.69, 9.17) is 23.2 Å². The number of aryl methyl sites for hydroxylation is 2. The molecule has 4 amide bonds. The van der Waals surface area contributed by atoms with E-state index in [0.29, 0.717) is 24.2 Å². The molecule has 0 spiro atoms. The van der Waals surface area contributed by atoms with Crippen molar-refractivity contribution in [2.75, 3.05) is 46.0 Å². The van der Waals surface area contributed by atoms with Crippen LogP contribution in [0.5, 0.6) is 0 Å². The molecule has 20 heteroatoms. The van der Waals surface area contributed by atoms with Gasteiger partial charge in [0, 0.05) is 49.7 Å². The van der Waals surface area contributed by atoms with Crippen molar-refractivity contribution >= 4 is 104 Å². The number of para-hydroxylation sites is 2. The fraction of sp³-hybridized carbons (Fsp3) is 0.182. The Morgan fingerprint density at radius 3 is 1.42 bits per heavy atom. The van der Waals surface area contributed by atoms with Gasteiger partial charge >= 0.3 is 0 Å². The van der Waals surface area contributed by atoms with Gasteiger partial charge in [-0.05, 0) is 85.3 Å². The van der Waals surface area contributed by atoms with Gasteiger partial charge in [0.15, 0.2) is 11.6 Å². The molecule has 328 valence electrons. The van der Waals surface area contributed by atoms with Gasteiger partial charge in [-0.1, -0.05) is 47.5 Å². The predicted octanol–water partition coefficient (Wildman–Crippen LogP) is 8.78. The van der Waals surface area contributed by atoms with Gasteiger partial charge in [0.25, 0.3) is 11.8 Å². The van der Waals surface area contributed by atoms with E-state index in [0.717, 1.165) is 48.2 Å². The summed E-state index contributed by atoms with van der Waals surface area (Å²) in [4.78, 5) is 64.9. The molecule has 0 saturated carbocycles. The Bertz CT molecular complexity index is 2590. The first-order chi connectivity index (χ1) is 30.9. The van der Waals surface area contributed by atoms with Crippen molar-refractivity contribution < 1.29 is 28.0 Å². The summed E-state index contributed by atoms with van der Waals surface area (Å²) < 4.78 is 28.9. The number of amides is 4. The normalized spacial score (nSPS) is 12.9. The number of anilines is 10. The number of rotatable bonds is 10. The number of aromatic nitrogens is 4.